The number of hydrogen-bond donors (Lipinski definition) is 1. The SMILES string of the molecule is COC1[C@@H](OC)[C@@H]2OC(C)OCC2O[C@@H]1O. The van der Waals surface area contributed by atoms with Crippen LogP contribution in [0.3, 0.4) is 0 Å². The van der Waals surface area contributed by atoms with Crippen molar-refractivity contribution in [1.82, 2.24) is 0 Å². The largest absolute Gasteiger partial charge is 0.376 e. The third kappa shape index (κ3) is 2.09. The van der Waals surface area contributed by atoms with Crippen LogP contribution in [0.4, 0.5) is 0 Å². The van der Waals surface area contributed by atoms with Crippen LogP contribution in [-0.2, 0) is 23.7 Å². The predicted octanol–water partition coefficient (Wildman–Crippen LogP) is -0.505. The number of fused-ring (bicyclic) bond motifs is 1. The molecule has 2 heterocycles. The van der Waals surface area contributed by atoms with Gasteiger partial charge in [0, 0.05) is 14.2 Å². The molecule has 2 fully saturated rings. The molecule has 6 heteroatoms. The van der Waals surface area contributed by atoms with Crippen LogP contribution in [-0.4, -0.2) is 62.9 Å². The van der Waals surface area contributed by atoms with Crippen LogP contribution in [0.25, 0.3) is 0 Å². The fraction of sp³-hybridized carbons (Fsp3) is 1.00. The van der Waals surface area contributed by atoms with Gasteiger partial charge in [-0.1, -0.05) is 0 Å². The van der Waals surface area contributed by atoms with Crippen molar-refractivity contribution in [3.8, 4) is 0 Å². The molecule has 3 unspecified atom stereocenters. The number of aliphatic hydroxyl groups excluding tert-OH is 1. The summed E-state index contributed by atoms with van der Waals surface area (Å²) in [7, 11) is 3.07. The maximum absolute atomic E-state index is 9.74. The molecule has 0 bridgehead atoms. The molecule has 0 aromatic rings. The van der Waals surface area contributed by atoms with Crippen molar-refractivity contribution in [3.63, 3.8) is 0 Å². The first-order valence-electron chi connectivity index (χ1n) is 5.33. The van der Waals surface area contributed by atoms with E-state index in [1.807, 2.05) is 6.92 Å². The van der Waals surface area contributed by atoms with Crippen molar-refractivity contribution in [2.24, 2.45) is 0 Å². The third-order valence-electron chi connectivity index (χ3n) is 3.00. The Bertz CT molecular complexity index is 235. The second-order valence-corrected chi connectivity index (χ2v) is 3.97. The lowest BCUT2D eigenvalue weighted by Crippen LogP contribution is -2.63. The first-order valence-corrected chi connectivity index (χ1v) is 5.33. The Balaban J connectivity index is 2.13. The average Bonchev–Trinajstić information content (AvgIpc) is 2.28. The smallest absolute Gasteiger partial charge is 0.184 e. The zero-order chi connectivity index (χ0) is 11.7. The van der Waals surface area contributed by atoms with Crippen molar-refractivity contribution in [2.75, 3.05) is 20.8 Å². The van der Waals surface area contributed by atoms with Crippen molar-refractivity contribution in [1.29, 1.82) is 0 Å². The van der Waals surface area contributed by atoms with Gasteiger partial charge in [0.2, 0.25) is 0 Å². The molecule has 0 saturated carbocycles. The van der Waals surface area contributed by atoms with Crippen LogP contribution in [0.5, 0.6) is 0 Å². The molecule has 2 rings (SSSR count). The molecule has 6 nitrogen and oxygen atoms in total. The number of ether oxygens (including phenoxy) is 5. The summed E-state index contributed by atoms with van der Waals surface area (Å²) >= 11 is 0. The fourth-order valence-corrected chi connectivity index (χ4v) is 2.20. The fourth-order valence-electron chi connectivity index (χ4n) is 2.20. The first-order chi connectivity index (χ1) is 7.67. The summed E-state index contributed by atoms with van der Waals surface area (Å²) in [6.07, 6.45) is -2.81. The molecule has 0 aromatic carbocycles. The van der Waals surface area contributed by atoms with Gasteiger partial charge >= 0.3 is 0 Å². The zero-order valence-electron chi connectivity index (χ0n) is 9.66. The van der Waals surface area contributed by atoms with Gasteiger partial charge in [-0.2, -0.15) is 0 Å². The highest BCUT2D eigenvalue weighted by Gasteiger charge is 2.49. The van der Waals surface area contributed by atoms with E-state index in [1.54, 1.807) is 7.11 Å². The molecule has 6 atom stereocenters. The minimum Gasteiger partial charge on any atom is -0.376 e. The van der Waals surface area contributed by atoms with Crippen LogP contribution in [0.2, 0.25) is 0 Å². The van der Waals surface area contributed by atoms with Crippen LogP contribution in [0.1, 0.15) is 6.92 Å². The minimum atomic E-state index is -1.02. The normalized spacial score (nSPS) is 48.8. The average molecular weight is 234 g/mol. The molecule has 0 aliphatic carbocycles. The lowest BCUT2D eigenvalue weighted by Gasteiger charge is -2.46. The van der Waals surface area contributed by atoms with E-state index in [4.69, 9.17) is 23.7 Å². The zero-order valence-corrected chi connectivity index (χ0v) is 9.66. The summed E-state index contributed by atoms with van der Waals surface area (Å²) in [4.78, 5) is 0. The summed E-state index contributed by atoms with van der Waals surface area (Å²) in [5.41, 5.74) is 0. The van der Waals surface area contributed by atoms with Crippen molar-refractivity contribution < 1.29 is 28.8 Å². The summed E-state index contributed by atoms with van der Waals surface area (Å²) in [5, 5.41) is 9.74. The lowest BCUT2D eigenvalue weighted by molar-refractivity contribution is -0.354. The topological polar surface area (TPSA) is 66.4 Å². The molecule has 2 aliphatic rings. The molecule has 0 aromatic heterocycles. The monoisotopic (exact) mass is 234 g/mol. The van der Waals surface area contributed by atoms with Crippen LogP contribution in [0, 0.1) is 0 Å². The Kier molecular flexibility index (Phi) is 3.78. The van der Waals surface area contributed by atoms with Gasteiger partial charge in [0.25, 0.3) is 0 Å². The molecule has 94 valence electrons. The second kappa shape index (κ2) is 4.95. The maximum atomic E-state index is 9.74. The Morgan fingerprint density at radius 1 is 1.12 bits per heavy atom. The van der Waals surface area contributed by atoms with Crippen molar-refractivity contribution in [2.45, 2.75) is 43.9 Å². The van der Waals surface area contributed by atoms with Crippen LogP contribution >= 0.6 is 0 Å². The molecule has 0 spiro atoms. The van der Waals surface area contributed by atoms with Gasteiger partial charge in [-0.25, -0.2) is 0 Å². The quantitative estimate of drug-likeness (QED) is 0.694. The molecule has 16 heavy (non-hydrogen) atoms. The highest BCUT2D eigenvalue weighted by atomic mass is 16.7. The highest BCUT2D eigenvalue weighted by Crippen LogP contribution is 2.30. The standard InChI is InChI=1S/C10H18O6/c1-5-14-4-6-7(15-5)8(12-2)9(13-3)10(11)16-6/h5-11H,4H2,1-3H3/t5?,6?,7-,8+,9?,10+/m1/s1. The van der Waals surface area contributed by atoms with E-state index < -0.39 is 12.4 Å². The first kappa shape index (κ1) is 12.2. The van der Waals surface area contributed by atoms with E-state index in [2.05, 4.69) is 0 Å². The van der Waals surface area contributed by atoms with Gasteiger partial charge in [-0.05, 0) is 6.92 Å². The van der Waals surface area contributed by atoms with Gasteiger partial charge < -0.3 is 28.8 Å². The van der Waals surface area contributed by atoms with Gasteiger partial charge in [0.05, 0.1) is 6.61 Å². The van der Waals surface area contributed by atoms with Crippen LogP contribution in [0.15, 0.2) is 0 Å². The highest BCUT2D eigenvalue weighted by molar-refractivity contribution is 4.93. The molecule has 0 radical (unpaired) electrons. The number of hydrogen-bond acceptors (Lipinski definition) is 6. The van der Waals surface area contributed by atoms with Gasteiger partial charge in [0.1, 0.15) is 24.4 Å². The number of methoxy groups -OCH3 is 2. The lowest BCUT2D eigenvalue weighted by atomic mass is 9.98. The van der Waals surface area contributed by atoms with Crippen LogP contribution < -0.4 is 0 Å². The second-order valence-electron chi connectivity index (χ2n) is 3.97. The summed E-state index contributed by atoms with van der Waals surface area (Å²) in [6.45, 7) is 2.20. The van der Waals surface area contributed by atoms with Gasteiger partial charge in [-0.3, -0.25) is 0 Å². The van der Waals surface area contributed by atoms with E-state index in [0.717, 1.165) is 0 Å². The Morgan fingerprint density at radius 2 is 1.81 bits per heavy atom. The Hall–Kier alpha value is -0.240. The molecule has 2 saturated heterocycles. The molecular formula is C10H18O6. The van der Waals surface area contributed by atoms with E-state index in [-0.39, 0.29) is 24.6 Å². The number of aliphatic hydroxyl groups is 1. The van der Waals surface area contributed by atoms with Gasteiger partial charge in [-0.15, -0.1) is 0 Å². The Morgan fingerprint density at radius 3 is 2.44 bits per heavy atom. The van der Waals surface area contributed by atoms with E-state index in [9.17, 15) is 5.11 Å². The van der Waals surface area contributed by atoms with E-state index in [1.165, 1.54) is 7.11 Å². The summed E-state index contributed by atoms with van der Waals surface area (Å²) in [6, 6.07) is 0. The van der Waals surface area contributed by atoms with E-state index >= 15 is 0 Å². The Labute approximate surface area is 94.4 Å². The van der Waals surface area contributed by atoms with E-state index in [0.29, 0.717) is 6.61 Å². The third-order valence-corrected chi connectivity index (χ3v) is 3.00. The van der Waals surface area contributed by atoms with Crippen molar-refractivity contribution >= 4 is 0 Å². The molecule has 2 aliphatic heterocycles. The predicted molar refractivity (Wildman–Crippen MR) is 52.8 cm³/mol. The van der Waals surface area contributed by atoms with Gasteiger partial charge in [0.15, 0.2) is 12.6 Å². The summed E-state index contributed by atoms with van der Waals surface area (Å²) in [5.74, 6) is 0. The van der Waals surface area contributed by atoms with Crippen molar-refractivity contribution in [3.05, 3.63) is 0 Å². The summed E-state index contributed by atoms with van der Waals surface area (Å²) < 4.78 is 26.8. The minimum absolute atomic E-state index is 0.276. The molecule has 0 amide bonds. The molecular weight excluding hydrogens is 216 g/mol. The number of rotatable bonds is 2. The molecule has 1 N–H and O–H groups in total. The maximum Gasteiger partial charge on any atom is 0.184 e.